The highest BCUT2D eigenvalue weighted by Crippen LogP contribution is 2.35. The van der Waals surface area contributed by atoms with Gasteiger partial charge in [-0.05, 0) is 25.2 Å². The van der Waals surface area contributed by atoms with Gasteiger partial charge < -0.3 is 19.9 Å². The summed E-state index contributed by atoms with van der Waals surface area (Å²) in [5.74, 6) is 0.283. The molecule has 1 spiro atoms. The lowest BCUT2D eigenvalue weighted by molar-refractivity contribution is -0.179. The van der Waals surface area contributed by atoms with Crippen molar-refractivity contribution in [1.29, 1.82) is 0 Å². The first kappa shape index (κ1) is 14.3. The van der Waals surface area contributed by atoms with Crippen molar-refractivity contribution in [2.24, 2.45) is 5.92 Å². The molecule has 2 N–H and O–H groups in total. The quantitative estimate of drug-likeness (QED) is 0.786. The molecule has 2 rings (SSSR count). The van der Waals surface area contributed by atoms with Crippen LogP contribution in [0.25, 0.3) is 0 Å². The Kier molecular flexibility index (Phi) is 5.01. The number of rotatable bonds is 5. The fourth-order valence-electron chi connectivity index (χ4n) is 2.98. The minimum atomic E-state index is -0.269. The normalized spacial score (nSPS) is 26.0. The van der Waals surface area contributed by atoms with Crippen LogP contribution >= 0.6 is 0 Å². The monoisotopic (exact) mass is 257 g/mol. The Morgan fingerprint density at radius 3 is 2.39 bits per heavy atom. The average molecular weight is 257 g/mol. The summed E-state index contributed by atoms with van der Waals surface area (Å²) in [5, 5.41) is 13.3. The number of nitrogens with one attached hydrogen (secondary N) is 1. The molecule has 1 aliphatic carbocycles. The molecule has 2 aliphatic rings. The molecule has 1 aliphatic heterocycles. The van der Waals surface area contributed by atoms with Crippen molar-refractivity contribution in [3.8, 4) is 0 Å². The largest absolute Gasteiger partial charge is 0.392 e. The van der Waals surface area contributed by atoms with E-state index in [0.717, 1.165) is 45.3 Å². The topological polar surface area (TPSA) is 50.7 Å². The van der Waals surface area contributed by atoms with E-state index in [-0.39, 0.29) is 11.9 Å². The third kappa shape index (κ3) is 3.92. The number of aliphatic hydroxyl groups is 1. The Morgan fingerprint density at radius 1 is 1.22 bits per heavy atom. The van der Waals surface area contributed by atoms with Crippen molar-refractivity contribution in [1.82, 2.24) is 5.32 Å². The first-order valence-corrected chi connectivity index (χ1v) is 7.29. The maximum absolute atomic E-state index is 9.84. The standard InChI is InChI=1S/C14H27NO3/c1-11(2)9-13(16)10-15-12-3-5-14(6-4-12)17-7-8-18-14/h11-13,15-16H,3-10H2,1-2H3. The van der Waals surface area contributed by atoms with Gasteiger partial charge in [0.15, 0.2) is 5.79 Å². The second kappa shape index (κ2) is 6.33. The smallest absolute Gasteiger partial charge is 0.168 e. The van der Waals surface area contributed by atoms with Gasteiger partial charge in [-0.25, -0.2) is 0 Å². The van der Waals surface area contributed by atoms with E-state index in [9.17, 15) is 5.11 Å². The predicted molar refractivity (Wildman–Crippen MR) is 70.4 cm³/mol. The fraction of sp³-hybridized carbons (Fsp3) is 1.00. The molecule has 0 aromatic rings. The van der Waals surface area contributed by atoms with Crippen LogP contribution in [0.1, 0.15) is 46.0 Å². The maximum atomic E-state index is 9.84. The molecule has 106 valence electrons. The molecule has 1 atom stereocenters. The van der Waals surface area contributed by atoms with E-state index in [4.69, 9.17) is 9.47 Å². The van der Waals surface area contributed by atoms with Gasteiger partial charge in [-0.15, -0.1) is 0 Å². The van der Waals surface area contributed by atoms with Gasteiger partial charge in [-0.1, -0.05) is 13.8 Å². The number of ether oxygens (including phenoxy) is 2. The lowest BCUT2D eigenvalue weighted by Crippen LogP contribution is -2.44. The molecular formula is C14H27NO3. The molecular weight excluding hydrogens is 230 g/mol. The van der Waals surface area contributed by atoms with Crippen molar-refractivity contribution in [2.45, 2.75) is 63.9 Å². The zero-order chi connectivity index (χ0) is 13.0. The molecule has 2 fully saturated rings. The summed E-state index contributed by atoms with van der Waals surface area (Å²) in [6.07, 6.45) is 4.76. The fourth-order valence-corrected chi connectivity index (χ4v) is 2.98. The Hall–Kier alpha value is -0.160. The molecule has 4 heteroatoms. The maximum Gasteiger partial charge on any atom is 0.168 e. The lowest BCUT2D eigenvalue weighted by Gasteiger charge is -2.36. The van der Waals surface area contributed by atoms with Crippen LogP contribution in [0.5, 0.6) is 0 Å². The minimum absolute atomic E-state index is 0.222. The van der Waals surface area contributed by atoms with E-state index in [0.29, 0.717) is 18.5 Å². The molecule has 18 heavy (non-hydrogen) atoms. The Bertz CT molecular complexity index is 241. The zero-order valence-electron chi connectivity index (χ0n) is 11.7. The minimum Gasteiger partial charge on any atom is -0.392 e. The summed E-state index contributed by atoms with van der Waals surface area (Å²) in [4.78, 5) is 0. The Balaban J connectivity index is 1.64. The highest BCUT2D eigenvalue weighted by Gasteiger charge is 2.40. The molecule has 0 aromatic heterocycles. The highest BCUT2D eigenvalue weighted by molar-refractivity contribution is 4.85. The van der Waals surface area contributed by atoms with Gasteiger partial charge in [0, 0.05) is 25.4 Å². The Morgan fingerprint density at radius 2 is 1.83 bits per heavy atom. The first-order valence-electron chi connectivity index (χ1n) is 7.29. The number of aliphatic hydroxyl groups excluding tert-OH is 1. The van der Waals surface area contributed by atoms with Crippen LogP contribution in [0.2, 0.25) is 0 Å². The molecule has 0 amide bonds. The van der Waals surface area contributed by atoms with E-state index < -0.39 is 0 Å². The van der Waals surface area contributed by atoms with Crippen molar-refractivity contribution in [2.75, 3.05) is 19.8 Å². The number of hydrogen-bond donors (Lipinski definition) is 2. The van der Waals surface area contributed by atoms with Gasteiger partial charge in [0.05, 0.1) is 19.3 Å². The summed E-state index contributed by atoms with van der Waals surface area (Å²) < 4.78 is 11.4. The van der Waals surface area contributed by atoms with Crippen molar-refractivity contribution < 1.29 is 14.6 Å². The molecule has 0 radical (unpaired) electrons. The first-order chi connectivity index (χ1) is 8.60. The molecule has 0 aromatic carbocycles. The summed E-state index contributed by atoms with van der Waals surface area (Å²) in [6, 6.07) is 0.505. The van der Waals surface area contributed by atoms with Gasteiger partial charge in [-0.3, -0.25) is 0 Å². The third-order valence-corrected chi connectivity index (χ3v) is 3.95. The van der Waals surface area contributed by atoms with Crippen molar-refractivity contribution in [3.63, 3.8) is 0 Å². The highest BCUT2D eigenvalue weighted by atomic mass is 16.7. The van der Waals surface area contributed by atoms with Crippen LogP contribution in [0.4, 0.5) is 0 Å². The van der Waals surface area contributed by atoms with Crippen LogP contribution in [-0.2, 0) is 9.47 Å². The summed E-state index contributed by atoms with van der Waals surface area (Å²) >= 11 is 0. The van der Waals surface area contributed by atoms with E-state index >= 15 is 0 Å². The molecule has 1 unspecified atom stereocenters. The van der Waals surface area contributed by atoms with Gasteiger partial charge in [0.1, 0.15) is 0 Å². The van der Waals surface area contributed by atoms with Crippen LogP contribution in [0.3, 0.4) is 0 Å². The van der Waals surface area contributed by atoms with Crippen molar-refractivity contribution >= 4 is 0 Å². The van der Waals surface area contributed by atoms with Gasteiger partial charge >= 0.3 is 0 Å². The van der Waals surface area contributed by atoms with E-state index in [1.807, 2.05) is 0 Å². The van der Waals surface area contributed by atoms with Crippen LogP contribution in [0.15, 0.2) is 0 Å². The van der Waals surface area contributed by atoms with Crippen molar-refractivity contribution in [3.05, 3.63) is 0 Å². The predicted octanol–water partition coefficient (Wildman–Crippen LogP) is 1.67. The molecule has 4 nitrogen and oxygen atoms in total. The Labute approximate surface area is 110 Å². The van der Waals surface area contributed by atoms with Gasteiger partial charge in [0.2, 0.25) is 0 Å². The zero-order valence-corrected chi connectivity index (χ0v) is 11.7. The second-order valence-corrected chi connectivity index (χ2v) is 6.07. The van der Waals surface area contributed by atoms with E-state index in [2.05, 4.69) is 19.2 Å². The van der Waals surface area contributed by atoms with E-state index in [1.54, 1.807) is 0 Å². The SMILES string of the molecule is CC(C)CC(O)CNC1CCC2(CC1)OCCO2. The van der Waals surface area contributed by atoms with E-state index in [1.165, 1.54) is 0 Å². The molecule has 1 heterocycles. The molecule has 1 saturated heterocycles. The van der Waals surface area contributed by atoms with Crippen LogP contribution < -0.4 is 5.32 Å². The molecule has 1 saturated carbocycles. The van der Waals surface area contributed by atoms with Gasteiger partial charge in [0.25, 0.3) is 0 Å². The van der Waals surface area contributed by atoms with Gasteiger partial charge in [-0.2, -0.15) is 0 Å². The van der Waals surface area contributed by atoms with Crippen LogP contribution in [-0.4, -0.2) is 42.8 Å². The molecule has 0 bridgehead atoms. The lowest BCUT2D eigenvalue weighted by atomic mass is 9.90. The number of hydrogen-bond acceptors (Lipinski definition) is 4. The third-order valence-electron chi connectivity index (χ3n) is 3.95. The average Bonchev–Trinajstić information content (AvgIpc) is 2.76. The second-order valence-electron chi connectivity index (χ2n) is 6.07. The summed E-state index contributed by atoms with van der Waals surface area (Å²) in [5.41, 5.74) is 0. The van der Waals surface area contributed by atoms with Crippen LogP contribution in [0, 0.1) is 5.92 Å². The summed E-state index contributed by atoms with van der Waals surface area (Å²) in [7, 11) is 0. The summed E-state index contributed by atoms with van der Waals surface area (Å²) in [6.45, 7) is 6.47.